The minimum atomic E-state index is -0.683. The molecule has 1 heterocycles. The second-order valence-electron chi connectivity index (χ2n) is 17.0. The largest absolute Gasteiger partial charge is 0.449 e. The number of benzene rings is 4. The molecule has 0 radical (unpaired) electrons. The van der Waals surface area contributed by atoms with Gasteiger partial charge in [-0.05, 0) is 110 Å². The molecule has 0 bridgehead atoms. The molecule has 21 heteroatoms. The van der Waals surface area contributed by atoms with E-state index < -0.39 is 47.5 Å². The van der Waals surface area contributed by atoms with Crippen molar-refractivity contribution < 1.29 is 55.8 Å². The lowest BCUT2D eigenvalue weighted by molar-refractivity contribution is -0.118. The average Bonchev–Trinajstić information content (AvgIpc) is 4.19. The summed E-state index contributed by atoms with van der Waals surface area (Å²) in [6, 6.07) is 11.9. The van der Waals surface area contributed by atoms with Crippen LogP contribution in [0.4, 0.5) is 38.5 Å². The molecule has 0 unspecified atom stereocenters. The second-order valence-corrected chi connectivity index (χ2v) is 17.8. The van der Waals surface area contributed by atoms with E-state index in [1.54, 1.807) is 0 Å². The third-order valence-electron chi connectivity index (χ3n) is 12.2. The highest BCUT2D eigenvalue weighted by molar-refractivity contribution is 6.31. The Bertz CT molecular complexity index is 2780. The summed E-state index contributed by atoms with van der Waals surface area (Å²) in [5.41, 5.74) is 9.00. The quantitative estimate of drug-likeness (QED) is 0.103. The first-order chi connectivity index (χ1) is 33.0. The lowest BCUT2D eigenvalue weighted by atomic mass is 10.0. The molecule has 4 aliphatic rings. The SMILES string of the molecule is Cl.N[C@H]1CCc2c(C(=O)Nc3ccc(F)c(Cl)c3)ccc(F)c21.O=C1CC[C@@H](COC(=O)N[C@H]2CCc3c(C(=O)Nc4ccc(F)c(Cl)c4)ccc(F)c32)C1.O=C1CC[C@@H](COC(=O)n2ccnc2)C1. The molecule has 14 nitrogen and oxygen atoms in total. The summed E-state index contributed by atoms with van der Waals surface area (Å²) in [4.78, 5) is 74.8. The summed E-state index contributed by atoms with van der Waals surface area (Å²) in [6.45, 7) is 0.463. The van der Waals surface area contributed by atoms with Gasteiger partial charge in [0.15, 0.2) is 0 Å². The maximum Gasteiger partial charge on any atom is 0.419 e. The van der Waals surface area contributed by atoms with Gasteiger partial charge in [0.25, 0.3) is 11.8 Å². The monoisotopic (exact) mass is 1030 g/mol. The van der Waals surface area contributed by atoms with Crippen LogP contribution in [-0.2, 0) is 31.9 Å². The number of anilines is 2. The molecule has 1 aromatic heterocycles. The van der Waals surface area contributed by atoms with Crippen LogP contribution < -0.4 is 21.7 Å². The Balaban J connectivity index is 0.000000183. The van der Waals surface area contributed by atoms with E-state index in [1.807, 2.05) is 0 Å². The number of aromatic nitrogens is 2. The number of amides is 3. The summed E-state index contributed by atoms with van der Waals surface area (Å²) in [5.74, 6) is -2.31. The van der Waals surface area contributed by atoms with Crippen molar-refractivity contribution in [3.63, 3.8) is 0 Å². The first-order valence-electron chi connectivity index (χ1n) is 22.1. The van der Waals surface area contributed by atoms with E-state index in [9.17, 15) is 46.3 Å². The number of alkyl carbamates (subject to hydrolysis) is 1. The second kappa shape index (κ2) is 24.0. The molecule has 2 fully saturated rings. The third kappa shape index (κ3) is 13.3. The summed E-state index contributed by atoms with van der Waals surface area (Å²) in [7, 11) is 0. The highest BCUT2D eigenvalue weighted by Gasteiger charge is 2.33. The van der Waals surface area contributed by atoms with Crippen LogP contribution in [0.15, 0.2) is 79.4 Å². The van der Waals surface area contributed by atoms with Gasteiger partial charge in [0, 0.05) is 89.6 Å². The Morgan fingerprint density at radius 2 is 1.17 bits per heavy atom. The van der Waals surface area contributed by atoms with E-state index in [0.29, 0.717) is 98.0 Å². The zero-order valence-corrected chi connectivity index (χ0v) is 39.5. The van der Waals surface area contributed by atoms with Gasteiger partial charge in [-0.25, -0.2) is 36.7 Å². The fourth-order valence-corrected chi connectivity index (χ4v) is 9.02. The molecule has 5 N–H and O–H groups in total. The van der Waals surface area contributed by atoms with Crippen LogP contribution in [0.3, 0.4) is 0 Å². The predicted octanol–water partition coefficient (Wildman–Crippen LogP) is 10.4. The van der Waals surface area contributed by atoms with E-state index >= 15 is 0 Å². The fraction of sp³-hybridized carbons (Fsp3) is 0.327. The minimum absolute atomic E-state index is 0. The van der Waals surface area contributed by atoms with Crippen molar-refractivity contribution in [3.05, 3.63) is 146 Å². The number of rotatable bonds is 9. The van der Waals surface area contributed by atoms with E-state index in [2.05, 4.69) is 20.9 Å². The lowest BCUT2D eigenvalue weighted by Gasteiger charge is -2.17. The maximum atomic E-state index is 14.6. The van der Waals surface area contributed by atoms with Gasteiger partial charge in [0.05, 0.1) is 29.3 Å². The van der Waals surface area contributed by atoms with Crippen molar-refractivity contribution in [1.82, 2.24) is 14.9 Å². The molecule has 4 atom stereocenters. The van der Waals surface area contributed by atoms with E-state index in [1.165, 1.54) is 77.9 Å². The fourth-order valence-electron chi connectivity index (χ4n) is 8.66. The Morgan fingerprint density at radius 3 is 1.67 bits per heavy atom. The van der Waals surface area contributed by atoms with Crippen LogP contribution in [0.2, 0.25) is 10.0 Å². The van der Waals surface area contributed by atoms with Gasteiger partial charge in [-0.3, -0.25) is 19.2 Å². The minimum Gasteiger partial charge on any atom is -0.449 e. The molecule has 5 aromatic rings. The molecule has 2 saturated carbocycles. The van der Waals surface area contributed by atoms with Crippen molar-refractivity contribution in [3.8, 4) is 0 Å². The van der Waals surface area contributed by atoms with E-state index in [4.69, 9.17) is 38.4 Å². The number of nitrogens with one attached hydrogen (secondary N) is 3. The number of halogens is 7. The van der Waals surface area contributed by atoms with Crippen LogP contribution in [0.1, 0.15) is 106 Å². The van der Waals surface area contributed by atoms with Gasteiger partial charge in [-0.2, -0.15) is 0 Å². The molecular formula is C49H47Cl3F4N6O8. The Hall–Kier alpha value is -6.34. The summed E-state index contributed by atoms with van der Waals surface area (Å²) >= 11 is 11.4. The van der Waals surface area contributed by atoms with E-state index in [-0.39, 0.29) is 75.4 Å². The number of fused-ring (bicyclic) bond motifs is 2. The number of carbonyl (C=O) groups excluding carboxylic acids is 6. The van der Waals surface area contributed by atoms with Crippen molar-refractivity contribution in [2.24, 2.45) is 17.6 Å². The first-order valence-corrected chi connectivity index (χ1v) is 22.8. The summed E-state index contributed by atoms with van der Waals surface area (Å²) in [6.07, 6.45) is 8.88. The van der Waals surface area contributed by atoms with Crippen molar-refractivity contribution in [1.29, 1.82) is 0 Å². The van der Waals surface area contributed by atoms with Gasteiger partial charge >= 0.3 is 12.2 Å². The van der Waals surface area contributed by atoms with Gasteiger partial charge < -0.3 is 31.2 Å². The molecule has 70 heavy (non-hydrogen) atoms. The van der Waals surface area contributed by atoms with Crippen LogP contribution in [0.25, 0.3) is 0 Å². The highest BCUT2D eigenvalue weighted by atomic mass is 35.5. The van der Waals surface area contributed by atoms with Gasteiger partial charge in [-0.1, -0.05) is 23.2 Å². The highest BCUT2D eigenvalue weighted by Crippen LogP contribution is 2.37. The Kier molecular flexibility index (Phi) is 18.2. The third-order valence-corrected chi connectivity index (χ3v) is 12.7. The topological polar surface area (TPSA) is 201 Å². The van der Waals surface area contributed by atoms with Gasteiger partial charge in [0.1, 0.15) is 41.2 Å². The number of Topliss-reactive ketones (excluding diaryl/α,β-unsaturated/α-hetero) is 2. The molecule has 0 aliphatic heterocycles. The lowest BCUT2D eigenvalue weighted by Crippen LogP contribution is -2.29. The van der Waals surface area contributed by atoms with Crippen molar-refractivity contribution in [2.75, 3.05) is 23.8 Å². The maximum absolute atomic E-state index is 14.6. The molecule has 4 aromatic carbocycles. The van der Waals surface area contributed by atoms with Crippen LogP contribution in [0.5, 0.6) is 0 Å². The van der Waals surface area contributed by atoms with Gasteiger partial charge in [-0.15, -0.1) is 12.4 Å². The van der Waals surface area contributed by atoms with Gasteiger partial charge in [0.2, 0.25) is 0 Å². The molecular weight excluding hydrogens is 983 g/mol. The molecule has 0 saturated heterocycles. The van der Waals surface area contributed by atoms with Crippen LogP contribution >= 0.6 is 35.6 Å². The average molecular weight is 1030 g/mol. The number of imidazole rings is 1. The van der Waals surface area contributed by atoms with Crippen molar-refractivity contribution >= 4 is 82.6 Å². The first kappa shape index (κ1) is 53.0. The molecule has 9 rings (SSSR count). The molecule has 4 aliphatic carbocycles. The van der Waals surface area contributed by atoms with Crippen molar-refractivity contribution in [2.45, 2.75) is 76.3 Å². The number of nitrogens with two attached hydrogens (primary N) is 1. The standard InChI is InChI=1S/C23H21ClF2N2O4.C16H13ClF2N2O.C10H12N2O3.ClH/c24-17-10-13(2-6-18(17)25)27-22(30)16-4-7-19(26)21-15(16)5-8-20(21)28-23(31)32-11-12-1-3-14(29)9-12;17-11-7-8(1-4-12(11)18)21-16(22)10-2-5-13(19)15-9(10)3-6-14(15)20;13-9-2-1-8(5-9)6-15-10(14)12-4-3-11-7-12;/h2,4,6-7,10,12,20H,1,3,5,8-9,11H2,(H,27,30)(H,28,31);1-2,4-5,7,14H,3,6,20H2,(H,21,22);3-4,7-8H,1-2,5-6H2;1H/t12-,20+;14-;8-;/m101./s1. The predicted molar refractivity (Wildman–Crippen MR) is 253 cm³/mol. The smallest absolute Gasteiger partial charge is 0.419 e. The molecule has 370 valence electrons. The number of hydrogen-bond acceptors (Lipinski definition) is 10. The van der Waals surface area contributed by atoms with Crippen LogP contribution in [-0.4, -0.2) is 58.3 Å². The number of ketones is 2. The number of nitrogens with zero attached hydrogens (tertiary/aromatic N) is 2. The zero-order chi connectivity index (χ0) is 49.4. The number of ether oxygens (including phenoxy) is 2. The zero-order valence-electron chi connectivity index (χ0n) is 37.2. The Morgan fingerprint density at radius 1 is 0.671 bits per heavy atom. The van der Waals surface area contributed by atoms with E-state index in [0.717, 1.165) is 12.5 Å². The summed E-state index contributed by atoms with van der Waals surface area (Å²) in [5, 5.41) is 7.73. The number of hydrogen-bond donors (Lipinski definition) is 4. The normalized spacial score (nSPS) is 18.5. The number of carbonyl (C=O) groups is 6. The Labute approximate surface area is 415 Å². The molecule has 3 amide bonds. The molecule has 0 spiro atoms. The summed E-state index contributed by atoms with van der Waals surface area (Å²) < 4.78 is 66.5. The van der Waals surface area contributed by atoms with Crippen LogP contribution in [0, 0.1) is 35.1 Å².